The molecule has 1 N–H and O–H groups in total. The molecule has 2 heteroatoms. The average molecular weight is 313 g/mol. The predicted octanol–water partition coefficient (Wildman–Crippen LogP) is 6.03. The summed E-state index contributed by atoms with van der Waals surface area (Å²) >= 11 is 0. The summed E-state index contributed by atoms with van der Waals surface area (Å²) < 4.78 is 5.66. The molecule has 0 bridgehead atoms. The molecule has 0 aliphatic heterocycles. The number of hydrogen-bond acceptors (Lipinski definition) is 2. The summed E-state index contributed by atoms with van der Waals surface area (Å²) in [7, 11) is 0. The van der Waals surface area contributed by atoms with Crippen LogP contribution in [0.5, 0.6) is 0 Å². The molecule has 0 radical (unpaired) electrons. The molecule has 0 rings (SSSR count). The molecule has 0 aliphatic rings. The maximum absolute atomic E-state index is 8.67. The Morgan fingerprint density at radius 1 is 0.636 bits per heavy atom. The lowest BCUT2D eigenvalue weighted by atomic mass is 10.1. The Bertz CT molecular complexity index is 214. The van der Waals surface area contributed by atoms with Crippen molar-refractivity contribution in [2.24, 2.45) is 0 Å². The molecule has 0 fully saturated rings. The second-order valence-electron chi connectivity index (χ2n) is 6.27. The maximum atomic E-state index is 8.67. The van der Waals surface area contributed by atoms with Gasteiger partial charge in [-0.05, 0) is 44.9 Å². The van der Waals surface area contributed by atoms with E-state index >= 15 is 0 Å². The minimum Gasteiger partial charge on any atom is -0.396 e. The molecular weight excluding hydrogens is 272 g/mol. The summed E-state index contributed by atoms with van der Waals surface area (Å²) in [6.45, 7) is 4.50. The molecule has 0 saturated heterocycles. The van der Waals surface area contributed by atoms with Crippen LogP contribution in [0.2, 0.25) is 0 Å². The van der Waals surface area contributed by atoms with Gasteiger partial charge in [-0.1, -0.05) is 64.0 Å². The lowest BCUT2D eigenvalue weighted by molar-refractivity contribution is 0.125. The van der Waals surface area contributed by atoms with Gasteiger partial charge in [0, 0.05) is 19.8 Å². The fourth-order valence-corrected chi connectivity index (χ4v) is 2.52. The van der Waals surface area contributed by atoms with Gasteiger partial charge in [-0.3, -0.25) is 0 Å². The SMILES string of the molecule is CCCCCCOCCCCCCCCC=CCCCCO. The van der Waals surface area contributed by atoms with E-state index in [1.807, 2.05) is 0 Å². The highest BCUT2D eigenvalue weighted by Crippen LogP contribution is 2.08. The first kappa shape index (κ1) is 21.7. The highest BCUT2D eigenvalue weighted by atomic mass is 16.5. The largest absolute Gasteiger partial charge is 0.396 e. The Kier molecular flexibility index (Phi) is 20.3. The normalized spacial score (nSPS) is 11.5. The summed E-state index contributed by atoms with van der Waals surface area (Å²) in [6.07, 6.45) is 22.2. The van der Waals surface area contributed by atoms with Crippen LogP contribution in [0.25, 0.3) is 0 Å². The molecule has 0 unspecified atom stereocenters. The third-order valence-electron chi connectivity index (χ3n) is 4.00. The number of rotatable bonds is 18. The monoisotopic (exact) mass is 312 g/mol. The molecule has 0 aromatic carbocycles. The lowest BCUT2D eigenvalue weighted by Gasteiger charge is -2.04. The first-order valence-corrected chi connectivity index (χ1v) is 9.75. The summed E-state index contributed by atoms with van der Waals surface area (Å²) in [6, 6.07) is 0. The van der Waals surface area contributed by atoms with Crippen LogP contribution in [0, 0.1) is 0 Å². The van der Waals surface area contributed by atoms with Crippen LogP contribution in [-0.4, -0.2) is 24.9 Å². The second kappa shape index (κ2) is 20.7. The molecular formula is C20H40O2. The van der Waals surface area contributed by atoms with E-state index in [2.05, 4.69) is 19.1 Å². The highest BCUT2D eigenvalue weighted by Gasteiger charge is 1.93. The zero-order valence-electron chi connectivity index (χ0n) is 15.0. The average Bonchev–Trinajstić information content (AvgIpc) is 2.54. The number of aliphatic hydroxyl groups excluding tert-OH is 1. The van der Waals surface area contributed by atoms with Crippen LogP contribution < -0.4 is 0 Å². The number of aliphatic hydroxyl groups is 1. The predicted molar refractivity (Wildman–Crippen MR) is 97.4 cm³/mol. The lowest BCUT2D eigenvalue weighted by Crippen LogP contribution is -1.97. The molecule has 22 heavy (non-hydrogen) atoms. The van der Waals surface area contributed by atoms with Crippen molar-refractivity contribution in [3.8, 4) is 0 Å². The fraction of sp³-hybridized carbons (Fsp3) is 0.900. The summed E-state index contributed by atoms with van der Waals surface area (Å²) in [5.41, 5.74) is 0. The van der Waals surface area contributed by atoms with Crippen molar-refractivity contribution in [2.45, 2.75) is 96.8 Å². The highest BCUT2D eigenvalue weighted by molar-refractivity contribution is 4.81. The Labute approximate surface area is 139 Å². The van der Waals surface area contributed by atoms with Gasteiger partial charge < -0.3 is 9.84 Å². The van der Waals surface area contributed by atoms with Crippen LogP contribution in [0.4, 0.5) is 0 Å². The van der Waals surface area contributed by atoms with Gasteiger partial charge in [0.1, 0.15) is 0 Å². The minimum atomic E-state index is 0.331. The molecule has 0 spiro atoms. The van der Waals surface area contributed by atoms with Gasteiger partial charge >= 0.3 is 0 Å². The van der Waals surface area contributed by atoms with E-state index in [0.717, 1.165) is 32.5 Å². The fourth-order valence-electron chi connectivity index (χ4n) is 2.52. The Morgan fingerprint density at radius 2 is 1.14 bits per heavy atom. The first-order valence-electron chi connectivity index (χ1n) is 9.75. The van der Waals surface area contributed by atoms with Gasteiger partial charge in [0.25, 0.3) is 0 Å². The van der Waals surface area contributed by atoms with Crippen LogP contribution in [0.15, 0.2) is 12.2 Å². The Balaban J connectivity index is 2.99. The van der Waals surface area contributed by atoms with Gasteiger partial charge in [-0.25, -0.2) is 0 Å². The topological polar surface area (TPSA) is 29.5 Å². The van der Waals surface area contributed by atoms with E-state index in [1.165, 1.54) is 70.6 Å². The van der Waals surface area contributed by atoms with Gasteiger partial charge in [-0.2, -0.15) is 0 Å². The third kappa shape index (κ3) is 19.7. The van der Waals surface area contributed by atoms with E-state index in [1.54, 1.807) is 0 Å². The van der Waals surface area contributed by atoms with Gasteiger partial charge in [0.05, 0.1) is 0 Å². The van der Waals surface area contributed by atoms with Crippen molar-refractivity contribution in [2.75, 3.05) is 19.8 Å². The smallest absolute Gasteiger partial charge is 0.0466 e. The van der Waals surface area contributed by atoms with Crippen LogP contribution in [0.3, 0.4) is 0 Å². The van der Waals surface area contributed by atoms with Gasteiger partial charge in [0.2, 0.25) is 0 Å². The van der Waals surface area contributed by atoms with E-state index in [9.17, 15) is 0 Å². The number of hydrogen-bond donors (Lipinski definition) is 1. The van der Waals surface area contributed by atoms with Crippen LogP contribution >= 0.6 is 0 Å². The molecule has 0 aliphatic carbocycles. The molecule has 0 atom stereocenters. The standard InChI is InChI=1S/C20H40O2/c1-2-3-4-16-19-22-20-17-14-12-10-8-6-5-7-9-11-13-15-18-21/h7,9,21H,2-6,8,10-20H2,1H3. The molecule has 0 saturated carbocycles. The summed E-state index contributed by atoms with van der Waals surface area (Å²) in [5, 5.41) is 8.67. The summed E-state index contributed by atoms with van der Waals surface area (Å²) in [4.78, 5) is 0. The minimum absolute atomic E-state index is 0.331. The van der Waals surface area contributed by atoms with Gasteiger partial charge in [-0.15, -0.1) is 0 Å². The number of allylic oxidation sites excluding steroid dienone is 2. The van der Waals surface area contributed by atoms with Crippen molar-refractivity contribution in [3.05, 3.63) is 12.2 Å². The van der Waals surface area contributed by atoms with Crippen LogP contribution in [0.1, 0.15) is 96.8 Å². The van der Waals surface area contributed by atoms with Crippen molar-refractivity contribution in [1.82, 2.24) is 0 Å². The van der Waals surface area contributed by atoms with Crippen molar-refractivity contribution < 1.29 is 9.84 Å². The quantitative estimate of drug-likeness (QED) is 0.247. The Hall–Kier alpha value is -0.340. The Morgan fingerprint density at radius 3 is 1.73 bits per heavy atom. The van der Waals surface area contributed by atoms with E-state index in [4.69, 9.17) is 9.84 Å². The molecule has 132 valence electrons. The maximum Gasteiger partial charge on any atom is 0.0466 e. The van der Waals surface area contributed by atoms with Gasteiger partial charge in [0.15, 0.2) is 0 Å². The second-order valence-corrected chi connectivity index (χ2v) is 6.27. The van der Waals surface area contributed by atoms with Crippen molar-refractivity contribution in [3.63, 3.8) is 0 Å². The summed E-state index contributed by atoms with van der Waals surface area (Å²) in [5.74, 6) is 0. The van der Waals surface area contributed by atoms with E-state index in [-0.39, 0.29) is 0 Å². The van der Waals surface area contributed by atoms with Crippen LogP contribution in [-0.2, 0) is 4.74 Å². The third-order valence-corrected chi connectivity index (χ3v) is 4.00. The zero-order chi connectivity index (χ0) is 16.1. The zero-order valence-corrected chi connectivity index (χ0v) is 15.0. The number of ether oxygens (including phenoxy) is 1. The molecule has 0 heterocycles. The molecule has 2 nitrogen and oxygen atoms in total. The van der Waals surface area contributed by atoms with Crippen molar-refractivity contribution in [1.29, 1.82) is 0 Å². The van der Waals surface area contributed by atoms with E-state index < -0.39 is 0 Å². The van der Waals surface area contributed by atoms with E-state index in [0.29, 0.717) is 6.61 Å². The van der Waals surface area contributed by atoms with Crippen molar-refractivity contribution >= 4 is 0 Å². The molecule has 0 amide bonds. The molecule has 0 aromatic rings. The first-order chi connectivity index (χ1) is 10.9. The molecule has 0 aromatic heterocycles. The number of unbranched alkanes of at least 4 members (excludes halogenated alkanes) is 11.